The fourth-order valence-electron chi connectivity index (χ4n) is 2.49. The molecule has 0 saturated carbocycles. The van der Waals surface area contributed by atoms with Crippen molar-refractivity contribution in [2.75, 3.05) is 33.3 Å². The molecule has 1 aliphatic rings. The second-order valence-electron chi connectivity index (χ2n) is 7.09. The number of nitrogens with zero attached hydrogens (tertiary/aromatic N) is 2. The van der Waals surface area contributed by atoms with E-state index in [4.69, 9.17) is 9.47 Å². The summed E-state index contributed by atoms with van der Waals surface area (Å²) >= 11 is 0. The Labute approximate surface area is 147 Å². The highest BCUT2D eigenvalue weighted by Gasteiger charge is 2.28. The first-order valence-corrected chi connectivity index (χ1v) is 8.24. The van der Waals surface area contributed by atoms with Crippen molar-refractivity contribution in [3.63, 3.8) is 0 Å². The van der Waals surface area contributed by atoms with Gasteiger partial charge < -0.3 is 19.3 Å². The molecule has 1 aliphatic heterocycles. The Hall–Kier alpha value is -2.15. The molecule has 0 aromatic heterocycles. The number of carbonyl (C=O) groups is 2. The predicted octanol–water partition coefficient (Wildman–Crippen LogP) is 2.59. The zero-order chi connectivity index (χ0) is 18.6. The van der Waals surface area contributed by atoms with Crippen LogP contribution in [0.25, 0.3) is 0 Å². The molecule has 138 valence electrons. The molecule has 1 aromatic carbocycles. The lowest BCUT2D eigenvalue weighted by atomic mass is 10.1. The maximum absolute atomic E-state index is 13.4. The Kier molecular flexibility index (Phi) is 6.00. The van der Waals surface area contributed by atoms with Crippen LogP contribution in [0.1, 0.15) is 32.4 Å². The van der Waals surface area contributed by atoms with Crippen molar-refractivity contribution < 1.29 is 23.5 Å². The van der Waals surface area contributed by atoms with Crippen LogP contribution in [0.15, 0.2) is 24.3 Å². The minimum absolute atomic E-state index is 0.0786. The standard InChI is InChI=1S/C18H25FN2O4/c1-18(2,3)25-17(23)20(4)12-16(22)21-8-9-24-15(11-21)13-6-5-7-14(19)10-13/h5-7,10,15H,8-9,11-12H2,1-4H3. The van der Waals surface area contributed by atoms with Gasteiger partial charge in [0.25, 0.3) is 0 Å². The van der Waals surface area contributed by atoms with Crippen molar-refractivity contribution in [3.8, 4) is 0 Å². The average Bonchev–Trinajstić information content (AvgIpc) is 2.53. The number of ether oxygens (including phenoxy) is 2. The molecule has 7 heteroatoms. The smallest absolute Gasteiger partial charge is 0.410 e. The largest absolute Gasteiger partial charge is 0.444 e. The Bertz CT molecular complexity index is 630. The second-order valence-corrected chi connectivity index (χ2v) is 7.09. The maximum Gasteiger partial charge on any atom is 0.410 e. The second kappa shape index (κ2) is 7.82. The molecule has 0 N–H and O–H groups in total. The Morgan fingerprint density at radius 1 is 1.40 bits per heavy atom. The number of morpholine rings is 1. The van der Waals surface area contributed by atoms with Gasteiger partial charge in [0.15, 0.2) is 0 Å². The van der Waals surface area contributed by atoms with Gasteiger partial charge in [-0.3, -0.25) is 4.79 Å². The number of benzene rings is 1. The lowest BCUT2D eigenvalue weighted by Gasteiger charge is -2.34. The number of halogens is 1. The molecule has 1 fully saturated rings. The summed E-state index contributed by atoms with van der Waals surface area (Å²) in [5.74, 6) is -0.535. The summed E-state index contributed by atoms with van der Waals surface area (Å²) in [4.78, 5) is 27.3. The lowest BCUT2D eigenvalue weighted by Crippen LogP contribution is -2.47. The first kappa shape index (κ1) is 19.2. The van der Waals surface area contributed by atoms with Crippen LogP contribution in [-0.2, 0) is 14.3 Å². The molecule has 0 aliphatic carbocycles. The molecule has 1 atom stereocenters. The third-order valence-electron chi connectivity index (χ3n) is 3.72. The van der Waals surface area contributed by atoms with E-state index in [2.05, 4.69) is 0 Å². The number of likely N-dealkylation sites (N-methyl/N-ethyl adjacent to an activating group) is 1. The van der Waals surface area contributed by atoms with Gasteiger partial charge in [-0.1, -0.05) is 12.1 Å². The van der Waals surface area contributed by atoms with Crippen molar-refractivity contribution in [3.05, 3.63) is 35.6 Å². The molecule has 6 nitrogen and oxygen atoms in total. The van der Waals surface area contributed by atoms with Crippen LogP contribution in [0.5, 0.6) is 0 Å². The van der Waals surface area contributed by atoms with Crippen molar-refractivity contribution in [1.82, 2.24) is 9.80 Å². The Morgan fingerprint density at radius 3 is 2.76 bits per heavy atom. The first-order valence-electron chi connectivity index (χ1n) is 8.24. The minimum Gasteiger partial charge on any atom is -0.444 e. The van der Waals surface area contributed by atoms with Crippen molar-refractivity contribution in [2.24, 2.45) is 0 Å². The SMILES string of the molecule is CN(CC(=O)N1CCOC(c2cccc(F)c2)C1)C(=O)OC(C)(C)C. The van der Waals surface area contributed by atoms with E-state index in [1.807, 2.05) is 0 Å². The molecule has 2 rings (SSSR count). The quantitative estimate of drug-likeness (QED) is 0.839. The van der Waals surface area contributed by atoms with Gasteiger partial charge in [-0.05, 0) is 38.5 Å². The molecule has 0 spiro atoms. The van der Waals surface area contributed by atoms with E-state index < -0.39 is 11.7 Å². The predicted molar refractivity (Wildman–Crippen MR) is 90.5 cm³/mol. The molecular weight excluding hydrogens is 327 g/mol. The summed E-state index contributed by atoms with van der Waals surface area (Å²) in [6.07, 6.45) is -0.920. The molecule has 1 heterocycles. The van der Waals surface area contributed by atoms with E-state index in [0.717, 1.165) is 0 Å². The van der Waals surface area contributed by atoms with Crippen LogP contribution in [0.2, 0.25) is 0 Å². The Balaban J connectivity index is 1.94. The van der Waals surface area contributed by atoms with Crippen LogP contribution >= 0.6 is 0 Å². The third kappa shape index (κ3) is 5.70. The lowest BCUT2D eigenvalue weighted by molar-refractivity contribution is -0.139. The minimum atomic E-state index is -0.615. The molecule has 25 heavy (non-hydrogen) atoms. The number of amides is 2. The third-order valence-corrected chi connectivity index (χ3v) is 3.72. The summed E-state index contributed by atoms with van der Waals surface area (Å²) in [7, 11) is 1.52. The summed E-state index contributed by atoms with van der Waals surface area (Å²) in [6, 6.07) is 6.16. The van der Waals surface area contributed by atoms with Gasteiger partial charge in [0, 0.05) is 13.6 Å². The topological polar surface area (TPSA) is 59.1 Å². The normalized spacial score (nSPS) is 18.0. The fourth-order valence-corrected chi connectivity index (χ4v) is 2.49. The molecule has 1 unspecified atom stereocenters. The van der Waals surface area contributed by atoms with E-state index in [0.29, 0.717) is 25.3 Å². The zero-order valence-electron chi connectivity index (χ0n) is 15.1. The highest BCUT2D eigenvalue weighted by Crippen LogP contribution is 2.23. The average molecular weight is 352 g/mol. The van der Waals surface area contributed by atoms with Crippen LogP contribution in [-0.4, -0.2) is 60.7 Å². The molecule has 0 radical (unpaired) electrons. The van der Waals surface area contributed by atoms with E-state index >= 15 is 0 Å². The van der Waals surface area contributed by atoms with Gasteiger partial charge in [0.05, 0.1) is 13.2 Å². The van der Waals surface area contributed by atoms with Crippen molar-refractivity contribution in [1.29, 1.82) is 0 Å². The van der Waals surface area contributed by atoms with Crippen LogP contribution in [0.4, 0.5) is 9.18 Å². The summed E-state index contributed by atoms with van der Waals surface area (Å²) in [5.41, 5.74) is 0.0773. The molecule has 0 bridgehead atoms. The molecule has 1 saturated heterocycles. The van der Waals surface area contributed by atoms with Crippen LogP contribution in [0.3, 0.4) is 0 Å². The van der Waals surface area contributed by atoms with Crippen LogP contribution in [0, 0.1) is 5.82 Å². The number of carbonyl (C=O) groups excluding carboxylic acids is 2. The van der Waals surface area contributed by atoms with E-state index in [1.54, 1.807) is 37.8 Å². The van der Waals surface area contributed by atoms with Gasteiger partial charge in [-0.25, -0.2) is 9.18 Å². The number of hydrogen-bond donors (Lipinski definition) is 0. The number of rotatable bonds is 3. The van der Waals surface area contributed by atoms with E-state index in [9.17, 15) is 14.0 Å². The monoisotopic (exact) mass is 352 g/mol. The highest BCUT2D eigenvalue weighted by atomic mass is 19.1. The van der Waals surface area contributed by atoms with E-state index in [1.165, 1.54) is 24.1 Å². The van der Waals surface area contributed by atoms with Gasteiger partial charge in [0.1, 0.15) is 24.1 Å². The molecule has 2 amide bonds. The van der Waals surface area contributed by atoms with Crippen molar-refractivity contribution >= 4 is 12.0 Å². The van der Waals surface area contributed by atoms with Gasteiger partial charge in [-0.2, -0.15) is 0 Å². The fraction of sp³-hybridized carbons (Fsp3) is 0.556. The summed E-state index contributed by atoms with van der Waals surface area (Å²) < 4.78 is 24.3. The van der Waals surface area contributed by atoms with Gasteiger partial charge in [0.2, 0.25) is 5.91 Å². The first-order chi connectivity index (χ1) is 11.7. The van der Waals surface area contributed by atoms with Crippen LogP contribution < -0.4 is 0 Å². The maximum atomic E-state index is 13.4. The summed E-state index contributed by atoms with van der Waals surface area (Å²) in [6.45, 7) is 6.36. The molecular formula is C18H25FN2O4. The highest BCUT2D eigenvalue weighted by molar-refractivity contribution is 5.82. The van der Waals surface area contributed by atoms with Gasteiger partial charge in [-0.15, -0.1) is 0 Å². The number of hydrogen-bond acceptors (Lipinski definition) is 4. The van der Waals surface area contributed by atoms with E-state index in [-0.39, 0.29) is 24.4 Å². The summed E-state index contributed by atoms with van der Waals surface area (Å²) in [5, 5.41) is 0. The van der Waals surface area contributed by atoms with Crippen molar-refractivity contribution in [2.45, 2.75) is 32.5 Å². The Morgan fingerprint density at radius 2 is 2.12 bits per heavy atom. The zero-order valence-corrected chi connectivity index (χ0v) is 15.1. The molecule has 1 aromatic rings. The van der Waals surface area contributed by atoms with Gasteiger partial charge >= 0.3 is 6.09 Å².